The van der Waals surface area contributed by atoms with E-state index in [4.69, 9.17) is 4.74 Å². The quantitative estimate of drug-likeness (QED) is 0.688. The Bertz CT molecular complexity index is 868. The highest BCUT2D eigenvalue weighted by Crippen LogP contribution is 2.31. The Morgan fingerprint density at radius 3 is 2.50 bits per heavy atom. The van der Waals surface area contributed by atoms with E-state index in [1.165, 1.54) is 0 Å². The fraction of sp³-hybridized carbons (Fsp3) is 0.278. The molecule has 1 aromatic heterocycles. The van der Waals surface area contributed by atoms with Crippen LogP contribution in [0.15, 0.2) is 42.5 Å². The molecule has 1 heterocycles. The Morgan fingerprint density at radius 1 is 1.04 bits per heavy atom. The third kappa shape index (κ3) is 3.22. The summed E-state index contributed by atoms with van der Waals surface area (Å²) in [6.45, 7) is 4.16. The molecule has 0 aliphatic carbocycles. The lowest BCUT2D eigenvalue weighted by Crippen LogP contribution is -2.18. The number of hydrogen-bond acceptors (Lipinski definition) is 2. The lowest BCUT2D eigenvalue weighted by molar-refractivity contribution is -0.147. The van der Waals surface area contributed by atoms with Crippen LogP contribution in [0.1, 0.15) is 17.0 Å². The number of imidazole rings is 1. The third-order valence-corrected chi connectivity index (χ3v) is 3.97. The number of ether oxygens (including phenoxy) is 1. The van der Waals surface area contributed by atoms with E-state index < -0.39 is 12.0 Å². The molecule has 0 N–H and O–H groups in total. The van der Waals surface area contributed by atoms with Gasteiger partial charge in [0.25, 0.3) is 0 Å². The van der Waals surface area contributed by atoms with Gasteiger partial charge in [0.1, 0.15) is 12.4 Å². The van der Waals surface area contributed by atoms with Crippen LogP contribution in [0.4, 0.5) is 13.2 Å². The standard InChI is InChI=1S/C18H17F3N2O/c1-12-7-8-14(11-13(12)2)24-10-9-23-16-6-4-3-5-15(16)22-17(23)18(19,20)21/h3-8,11H,9-10H2,1-2H3. The number of halogens is 3. The molecule has 0 saturated carbocycles. The van der Waals surface area contributed by atoms with Crippen molar-refractivity contribution < 1.29 is 17.9 Å². The second kappa shape index (κ2) is 6.19. The van der Waals surface area contributed by atoms with E-state index in [9.17, 15) is 13.2 Å². The highest BCUT2D eigenvalue weighted by Gasteiger charge is 2.37. The fourth-order valence-corrected chi connectivity index (χ4v) is 2.58. The first kappa shape index (κ1) is 16.4. The summed E-state index contributed by atoms with van der Waals surface area (Å²) >= 11 is 0. The van der Waals surface area contributed by atoms with E-state index in [0.29, 0.717) is 16.8 Å². The number of para-hydroxylation sites is 2. The largest absolute Gasteiger partial charge is 0.492 e. The van der Waals surface area contributed by atoms with Crippen LogP contribution in [0.3, 0.4) is 0 Å². The fourth-order valence-electron chi connectivity index (χ4n) is 2.58. The maximum atomic E-state index is 13.2. The van der Waals surface area contributed by atoms with Crippen molar-refractivity contribution in [3.05, 3.63) is 59.4 Å². The zero-order chi connectivity index (χ0) is 17.3. The maximum Gasteiger partial charge on any atom is 0.449 e. The van der Waals surface area contributed by atoms with E-state index >= 15 is 0 Å². The molecule has 126 valence electrons. The average Bonchev–Trinajstić information content (AvgIpc) is 2.90. The molecule has 0 radical (unpaired) electrons. The zero-order valence-electron chi connectivity index (χ0n) is 13.4. The van der Waals surface area contributed by atoms with Gasteiger partial charge < -0.3 is 9.30 Å². The number of benzene rings is 2. The predicted molar refractivity (Wildman–Crippen MR) is 86.1 cm³/mol. The summed E-state index contributed by atoms with van der Waals surface area (Å²) in [4.78, 5) is 3.72. The van der Waals surface area contributed by atoms with Crippen molar-refractivity contribution in [2.24, 2.45) is 0 Å². The highest BCUT2D eigenvalue weighted by molar-refractivity contribution is 5.76. The molecule has 2 aromatic carbocycles. The molecule has 0 atom stereocenters. The molecule has 24 heavy (non-hydrogen) atoms. The van der Waals surface area contributed by atoms with Crippen molar-refractivity contribution >= 4 is 11.0 Å². The lowest BCUT2D eigenvalue weighted by Gasteiger charge is -2.13. The van der Waals surface area contributed by atoms with Gasteiger partial charge in [0.2, 0.25) is 5.82 Å². The average molecular weight is 334 g/mol. The van der Waals surface area contributed by atoms with Crippen LogP contribution in [0.5, 0.6) is 5.75 Å². The van der Waals surface area contributed by atoms with Gasteiger partial charge in [0.05, 0.1) is 17.6 Å². The second-order valence-corrected chi connectivity index (χ2v) is 5.67. The molecule has 0 spiro atoms. The number of rotatable bonds is 4. The van der Waals surface area contributed by atoms with Crippen LogP contribution in [-0.4, -0.2) is 16.2 Å². The number of hydrogen-bond donors (Lipinski definition) is 0. The summed E-state index contributed by atoms with van der Waals surface area (Å²) in [5.41, 5.74) is 3.00. The van der Waals surface area contributed by atoms with Gasteiger partial charge >= 0.3 is 6.18 Å². The molecule has 0 bridgehead atoms. The molecule has 0 saturated heterocycles. The number of fused-ring (bicyclic) bond motifs is 1. The summed E-state index contributed by atoms with van der Waals surface area (Å²) in [5, 5.41) is 0. The van der Waals surface area contributed by atoms with Gasteiger partial charge in [0.15, 0.2) is 0 Å². The number of aryl methyl sites for hydroxylation is 2. The number of aromatic nitrogens is 2. The minimum absolute atomic E-state index is 0.0717. The minimum atomic E-state index is -4.50. The normalized spacial score (nSPS) is 11.9. The van der Waals surface area contributed by atoms with Crippen LogP contribution in [0.2, 0.25) is 0 Å². The van der Waals surface area contributed by atoms with Crippen molar-refractivity contribution in [2.75, 3.05) is 6.61 Å². The van der Waals surface area contributed by atoms with Crippen LogP contribution in [0.25, 0.3) is 11.0 Å². The van der Waals surface area contributed by atoms with Gasteiger partial charge in [0, 0.05) is 0 Å². The van der Waals surface area contributed by atoms with Crippen LogP contribution in [-0.2, 0) is 12.7 Å². The van der Waals surface area contributed by atoms with Crippen molar-refractivity contribution in [1.29, 1.82) is 0 Å². The first-order valence-corrected chi connectivity index (χ1v) is 7.59. The summed E-state index contributed by atoms with van der Waals surface area (Å²) in [6.07, 6.45) is -4.50. The topological polar surface area (TPSA) is 27.1 Å². The SMILES string of the molecule is Cc1ccc(OCCn2c(C(F)(F)F)nc3ccccc32)cc1C. The first-order chi connectivity index (χ1) is 11.4. The Balaban J connectivity index is 1.82. The molecular weight excluding hydrogens is 317 g/mol. The molecule has 0 fully saturated rings. The predicted octanol–water partition coefficient (Wildman–Crippen LogP) is 4.75. The van der Waals surface area contributed by atoms with E-state index in [-0.39, 0.29) is 13.2 Å². The monoisotopic (exact) mass is 334 g/mol. The molecule has 3 aromatic rings. The molecule has 0 aliphatic heterocycles. The van der Waals surface area contributed by atoms with Crippen LogP contribution in [0, 0.1) is 13.8 Å². The third-order valence-electron chi connectivity index (χ3n) is 3.97. The second-order valence-electron chi connectivity index (χ2n) is 5.67. The van der Waals surface area contributed by atoms with E-state index in [2.05, 4.69) is 4.98 Å². The molecular formula is C18H17F3N2O. The van der Waals surface area contributed by atoms with Crippen molar-refractivity contribution in [3.8, 4) is 5.75 Å². The number of alkyl halides is 3. The van der Waals surface area contributed by atoms with Crippen LogP contribution >= 0.6 is 0 Å². The van der Waals surface area contributed by atoms with E-state index in [1.54, 1.807) is 24.3 Å². The smallest absolute Gasteiger partial charge is 0.449 e. The molecule has 3 rings (SSSR count). The number of nitrogens with zero attached hydrogens (tertiary/aromatic N) is 2. The minimum Gasteiger partial charge on any atom is -0.492 e. The maximum absolute atomic E-state index is 13.2. The Morgan fingerprint density at radius 2 is 1.79 bits per heavy atom. The Labute approximate surface area is 137 Å². The van der Waals surface area contributed by atoms with E-state index in [0.717, 1.165) is 15.7 Å². The van der Waals surface area contributed by atoms with Crippen molar-refractivity contribution in [3.63, 3.8) is 0 Å². The van der Waals surface area contributed by atoms with Gasteiger partial charge in [-0.25, -0.2) is 4.98 Å². The van der Waals surface area contributed by atoms with Gasteiger partial charge in [-0.05, 0) is 49.2 Å². The van der Waals surface area contributed by atoms with Crippen LogP contribution < -0.4 is 4.74 Å². The van der Waals surface area contributed by atoms with Crippen molar-refractivity contribution in [1.82, 2.24) is 9.55 Å². The molecule has 0 aliphatic rings. The molecule has 6 heteroatoms. The Kier molecular flexibility index (Phi) is 4.22. The van der Waals surface area contributed by atoms with Crippen molar-refractivity contribution in [2.45, 2.75) is 26.6 Å². The summed E-state index contributed by atoms with van der Waals surface area (Å²) < 4.78 is 46.4. The lowest BCUT2D eigenvalue weighted by atomic mass is 10.1. The Hall–Kier alpha value is -2.50. The highest BCUT2D eigenvalue weighted by atomic mass is 19.4. The molecule has 3 nitrogen and oxygen atoms in total. The first-order valence-electron chi connectivity index (χ1n) is 7.59. The summed E-state index contributed by atoms with van der Waals surface area (Å²) in [5.74, 6) is -0.247. The molecule has 0 amide bonds. The van der Waals surface area contributed by atoms with Gasteiger partial charge in [-0.3, -0.25) is 0 Å². The summed E-state index contributed by atoms with van der Waals surface area (Å²) in [6, 6.07) is 12.2. The molecule has 0 unspecified atom stereocenters. The van der Waals surface area contributed by atoms with E-state index in [1.807, 2.05) is 32.0 Å². The van der Waals surface area contributed by atoms with Gasteiger partial charge in [-0.2, -0.15) is 13.2 Å². The van der Waals surface area contributed by atoms with Gasteiger partial charge in [-0.15, -0.1) is 0 Å². The van der Waals surface area contributed by atoms with Gasteiger partial charge in [-0.1, -0.05) is 18.2 Å². The zero-order valence-corrected chi connectivity index (χ0v) is 13.4. The summed E-state index contributed by atoms with van der Waals surface area (Å²) in [7, 11) is 0.